The van der Waals surface area contributed by atoms with Crippen LogP contribution in [0.3, 0.4) is 0 Å². The van der Waals surface area contributed by atoms with E-state index in [1.165, 1.54) is 0 Å². The van der Waals surface area contributed by atoms with Gasteiger partial charge in [0.05, 0.1) is 0 Å². The predicted molar refractivity (Wildman–Crippen MR) is 73.6 cm³/mol. The molecular weight excluding hydrogens is 284 g/mol. The Labute approximate surface area is 119 Å². The standard InChI is InChI=1S/C12H22N2O5S/c1-9(2)8-11(15)13-4-6-14(7-5-13)20(18,19)10(3)12(16)17/h9-10H,4-8H2,1-3H3,(H,16,17). The molecule has 1 unspecified atom stereocenters. The minimum absolute atomic E-state index is 0.0170. The minimum atomic E-state index is -3.84. The molecule has 0 spiro atoms. The number of carboxylic acids is 1. The molecule has 1 amide bonds. The van der Waals surface area contributed by atoms with Gasteiger partial charge in [-0.25, -0.2) is 8.42 Å². The number of carbonyl (C=O) groups is 2. The average molecular weight is 306 g/mol. The quantitative estimate of drug-likeness (QED) is 0.770. The first-order valence-corrected chi connectivity index (χ1v) is 8.16. The maximum absolute atomic E-state index is 12.0. The normalized spacial score (nSPS) is 19.1. The number of hydrogen-bond donors (Lipinski definition) is 1. The van der Waals surface area contributed by atoms with Gasteiger partial charge in [-0.2, -0.15) is 4.31 Å². The Morgan fingerprint density at radius 2 is 1.60 bits per heavy atom. The molecule has 116 valence electrons. The van der Waals surface area contributed by atoms with E-state index in [4.69, 9.17) is 5.11 Å². The van der Waals surface area contributed by atoms with Gasteiger partial charge in [-0.3, -0.25) is 9.59 Å². The zero-order valence-corrected chi connectivity index (χ0v) is 12.9. The number of carbonyl (C=O) groups excluding carboxylic acids is 1. The highest BCUT2D eigenvalue weighted by Gasteiger charge is 2.36. The molecule has 0 bridgehead atoms. The molecule has 0 saturated carbocycles. The van der Waals surface area contributed by atoms with Crippen molar-refractivity contribution in [3.8, 4) is 0 Å². The topological polar surface area (TPSA) is 95.0 Å². The minimum Gasteiger partial charge on any atom is -0.480 e. The van der Waals surface area contributed by atoms with Gasteiger partial charge >= 0.3 is 5.97 Å². The van der Waals surface area contributed by atoms with E-state index in [0.29, 0.717) is 19.5 Å². The van der Waals surface area contributed by atoms with Gasteiger partial charge in [-0.05, 0) is 12.8 Å². The Bertz CT molecular complexity index is 466. The second-order valence-corrected chi connectivity index (χ2v) is 7.66. The van der Waals surface area contributed by atoms with E-state index < -0.39 is 21.2 Å². The van der Waals surface area contributed by atoms with Crippen LogP contribution in [0.2, 0.25) is 0 Å². The molecule has 0 aromatic carbocycles. The van der Waals surface area contributed by atoms with E-state index >= 15 is 0 Å². The molecule has 0 aliphatic carbocycles. The van der Waals surface area contributed by atoms with Crippen molar-refractivity contribution >= 4 is 21.9 Å². The summed E-state index contributed by atoms with van der Waals surface area (Å²) in [6.45, 7) is 6.01. The molecule has 7 nitrogen and oxygen atoms in total. The molecule has 20 heavy (non-hydrogen) atoms. The van der Waals surface area contributed by atoms with Gasteiger partial charge in [0.1, 0.15) is 0 Å². The van der Waals surface area contributed by atoms with Crippen LogP contribution in [0.25, 0.3) is 0 Å². The van der Waals surface area contributed by atoms with Crippen molar-refractivity contribution in [1.29, 1.82) is 0 Å². The second-order valence-electron chi connectivity index (χ2n) is 5.40. The lowest BCUT2D eigenvalue weighted by molar-refractivity contribution is -0.136. The maximum Gasteiger partial charge on any atom is 0.323 e. The first kappa shape index (κ1) is 16.9. The fourth-order valence-electron chi connectivity index (χ4n) is 2.02. The fourth-order valence-corrected chi connectivity index (χ4v) is 3.40. The van der Waals surface area contributed by atoms with Crippen molar-refractivity contribution in [2.75, 3.05) is 26.2 Å². The lowest BCUT2D eigenvalue weighted by atomic mass is 10.1. The largest absolute Gasteiger partial charge is 0.480 e. The highest BCUT2D eigenvalue weighted by atomic mass is 32.2. The predicted octanol–water partition coefficient (Wildman–Crippen LogP) is -0.0204. The summed E-state index contributed by atoms with van der Waals surface area (Å²) >= 11 is 0. The SMILES string of the molecule is CC(C)CC(=O)N1CCN(S(=O)(=O)C(C)C(=O)O)CC1. The molecule has 1 N–H and O–H groups in total. The van der Waals surface area contributed by atoms with Crippen LogP contribution >= 0.6 is 0 Å². The van der Waals surface area contributed by atoms with Crippen molar-refractivity contribution in [2.45, 2.75) is 32.4 Å². The highest BCUT2D eigenvalue weighted by Crippen LogP contribution is 2.14. The number of rotatable bonds is 5. The molecule has 1 aliphatic heterocycles. The summed E-state index contributed by atoms with van der Waals surface area (Å²) < 4.78 is 25.2. The zero-order chi connectivity index (χ0) is 15.5. The van der Waals surface area contributed by atoms with Gasteiger partial charge < -0.3 is 10.0 Å². The van der Waals surface area contributed by atoms with Gasteiger partial charge in [0.2, 0.25) is 15.9 Å². The maximum atomic E-state index is 12.0. The monoisotopic (exact) mass is 306 g/mol. The fraction of sp³-hybridized carbons (Fsp3) is 0.833. The molecule has 8 heteroatoms. The summed E-state index contributed by atoms with van der Waals surface area (Å²) in [7, 11) is -3.84. The Morgan fingerprint density at radius 3 is 2.00 bits per heavy atom. The van der Waals surface area contributed by atoms with Gasteiger partial charge in [-0.1, -0.05) is 13.8 Å². The van der Waals surface area contributed by atoms with Crippen LogP contribution in [0.4, 0.5) is 0 Å². The zero-order valence-electron chi connectivity index (χ0n) is 12.1. The van der Waals surface area contributed by atoms with Crippen LogP contribution in [-0.2, 0) is 19.6 Å². The van der Waals surface area contributed by atoms with Crippen LogP contribution in [0.15, 0.2) is 0 Å². The number of amides is 1. The van der Waals surface area contributed by atoms with E-state index in [2.05, 4.69) is 0 Å². The van der Waals surface area contributed by atoms with Crippen molar-refractivity contribution in [2.24, 2.45) is 5.92 Å². The highest BCUT2D eigenvalue weighted by molar-refractivity contribution is 7.90. The molecular formula is C12H22N2O5S. The van der Waals surface area contributed by atoms with Crippen LogP contribution in [-0.4, -0.2) is 66.0 Å². The summed E-state index contributed by atoms with van der Waals surface area (Å²) in [5.41, 5.74) is 0. The molecule has 1 saturated heterocycles. The molecule has 1 heterocycles. The van der Waals surface area contributed by atoms with Crippen molar-refractivity contribution in [3.05, 3.63) is 0 Å². The number of nitrogens with zero attached hydrogens (tertiary/aromatic N) is 2. The molecule has 1 rings (SSSR count). The molecule has 0 aromatic heterocycles. The van der Waals surface area contributed by atoms with E-state index in [0.717, 1.165) is 11.2 Å². The Kier molecular flexibility index (Phi) is 5.52. The number of hydrogen-bond acceptors (Lipinski definition) is 4. The number of aliphatic carboxylic acids is 1. The lowest BCUT2D eigenvalue weighted by Gasteiger charge is -2.35. The lowest BCUT2D eigenvalue weighted by Crippen LogP contribution is -2.53. The summed E-state index contributed by atoms with van der Waals surface area (Å²) in [5, 5.41) is 7.36. The van der Waals surface area contributed by atoms with Gasteiger partial charge in [0.15, 0.2) is 5.25 Å². The molecule has 0 radical (unpaired) electrons. The van der Waals surface area contributed by atoms with Crippen LogP contribution in [0, 0.1) is 5.92 Å². The third kappa shape index (κ3) is 3.92. The van der Waals surface area contributed by atoms with E-state index in [1.54, 1.807) is 4.90 Å². The third-order valence-corrected chi connectivity index (χ3v) is 5.51. The average Bonchev–Trinajstić information content (AvgIpc) is 2.37. The second kappa shape index (κ2) is 6.53. The summed E-state index contributed by atoms with van der Waals surface area (Å²) in [6, 6.07) is 0. The van der Waals surface area contributed by atoms with Crippen LogP contribution in [0.5, 0.6) is 0 Å². The number of sulfonamides is 1. The van der Waals surface area contributed by atoms with Gasteiger partial charge in [0.25, 0.3) is 0 Å². The molecule has 1 fully saturated rings. The first-order chi connectivity index (χ1) is 9.16. The van der Waals surface area contributed by atoms with Gasteiger partial charge in [-0.15, -0.1) is 0 Å². The van der Waals surface area contributed by atoms with Crippen molar-refractivity contribution in [3.63, 3.8) is 0 Å². The summed E-state index contributed by atoms with van der Waals surface area (Å²) in [6.07, 6.45) is 0.443. The molecule has 1 aliphatic rings. The summed E-state index contributed by atoms with van der Waals surface area (Å²) in [4.78, 5) is 24.3. The summed E-state index contributed by atoms with van der Waals surface area (Å²) in [5.74, 6) is -1.08. The number of piperazine rings is 1. The van der Waals surface area contributed by atoms with E-state index in [-0.39, 0.29) is 24.9 Å². The Balaban J connectivity index is 2.62. The van der Waals surface area contributed by atoms with Crippen LogP contribution < -0.4 is 0 Å². The first-order valence-electron chi connectivity index (χ1n) is 6.65. The third-order valence-electron chi connectivity index (χ3n) is 3.33. The smallest absolute Gasteiger partial charge is 0.323 e. The van der Waals surface area contributed by atoms with E-state index in [1.807, 2.05) is 13.8 Å². The Hall–Kier alpha value is -1.15. The number of carboxylic acid groups (broad SMARTS) is 1. The van der Waals surface area contributed by atoms with Crippen molar-refractivity contribution in [1.82, 2.24) is 9.21 Å². The van der Waals surface area contributed by atoms with Crippen LogP contribution in [0.1, 0.15) is 27.2 Å². The Morgan fingerprint density at radius 1 is 1.10 bits per heavy atom. The molecule has 0 aromatic rings. The van der Waals surface area contributed by atoms with Gasteiger partial charge in [0, 0.05) is 32.6 Å². The van der Waals surface area contributed by atoms with Crippen molar-refractivity contribution < 1.29 is 23.1 Å². The van der Waals surface area contributed by atoms with E-state index in [9.17, 15) is 18.0 Å². The molecule has 1 atom stereocenters.